The van der Waals surface area contributed by atoms with Crippen LogP contribution in [0.2, 0.25) is 0 Å². The molecule has 0 bridgehead atoms. The van der Waals surface area contributed by atoms with E-state index in [0.717, 1.165) is 5.56 Å². The van der Waals surface area contributed by atoms with Crippen LogP contribution in [0.15, 0.2) is 53.6 Å². The smallest absolute Gasteiger partial charge is 0.123 e. The van der Waals surface area contributed by atoms with Crippen molar-refractivity contribution in [2.45, 2.75) is 0 Å². The van der Waals surface area contributed by atoms with E-state index in [1.54, 1.807) is 30.5 Å². The highest BCUT2D eigenvalue weighted by atomic mass is 19.1. The molecule has 0 radical (unpaired) electrons. The van der Waals surface area contributed by atoms with E-state index in [4.69, 9.17) is 0 Å². The Labute approximate surface area is 97.6 Å². The molecular formula is C13H10F2N2. The SMILES string of the molecule is Fc1ccc(/C=N/Nc2ccc(F)cc2)cc1. The van der Waals surface area contributed by atoms with Crippen molar-refractivity contribution in [1.82, 2.24) is 0 Å². The van der Waals surface area contributed by atoms with Gasteiger partial charge in [-0.3, -0.25) is 5.43 Å². The molecule has 0 aliphatic rings. The molecule has 0 saturated carbocycles. The van der Waals surface area contributed by atoms with E-state index < -0.39 is 0 Å². The van der Waals surface area contributed by atoms with E-state index in [0.29, 0.717) is 5.69 Å². The van der Waals surface area contributed by atoms with Crippen molar-refractivity contribution in [3.05, 3.63) is 65.7 Å². The van der Waals surface area contributed by atoms with E-state index in [1.165, 1.54) is 24.3 Å². The molecule has 0 amide bonds. The molecule has 17 heavy (non-hydrogen) atoms. The monoisotopic (exact) mass is 232 g/mol. The van der Waals surface area contributed by atoms with Crippen molar-refractivity contribution in [3.8, 4) is 0 Å². The number of anilines is 1. The van der Waals surface area contributed by atoms with E-state index in [1.807, 2.05) is 0 Å². The number of benzene rings is 2. The minimum Gasteiger partial charge on any atom is -0.279 e. The minimum absolute atomic E-state index is 0.284. The van der Waals surface area contributed by atoms with Crippen LogP contribution in [-0.2, 0) is 0 Å². The third-order valence-corrected chi connectivity index (χ3v) is 2.12. The Kier molecular flexibility index (Phi) is 3.45. The summed E-state index contributed by atoms with van der Waals surface area (Å²) >= 11 is 0. The van der Waals surface area contributed by atoms with Crippen molar-refractivity contribution < 1.29 is 8.78 Å². The third-order valence-electron chi connectivity index (χ3n) is 2.12. The van der Waals surface area contributed by atoms with Gasteiger partial charge in [0.15, 0.2) is 0 Å². The number of hydrogen-bond donors (Lipinski definition) is 1. The molecule has 0 fully saturated rings. The first-order valence-corrected chi connectivity index (χ1v) is 5.04. The molecule has 0 atom stereocenters. The molecule has 2 rings (SSSR count). The Morgan fingerprint density at radius 1 is 0.824 bits per heavy atom. The number of rotatable bonds is 3. The van der Waals surface area contributed by atoms with Crippen molar-refractivity contribution in [2.24, 2.45) is 5.10 Å². The molecule has 0 spiro atoms. The van der Waals surface area contributed by atoms with Crippen molar-refractivity contribution in [2.75, 3.05) is 5.43 Å². The zero-order chi connectivity index (χ0) is 12.1. The average molecular weight is 232 g/mol. The van der Waals surface area contributed by atoms with Gasteiger partial charge in [0.2, 0.25) is 0 Å². The lowest BCUT2D eigenvalue weighted by Crippen LogP contribution is -1.90. The predicted molar refractivity (Wildman–Crippen MR) is 64.0 cm³/mol. The summed E-state index contributed by atoms with van der Waals surface area (Å²) in [5, 5.41) is 3.95. The molecule has 2 aromatic carbocycles. The number of hydrazone groups is 1. The largest absolute Gasteiger partial charge is 0.279 e. The molecule has 86 valence electrons. The lowest BCUT2D eigenvalue weighted by Gasteiger charge is -1.99. The molecule has 0 aliphatic heterocycles. The zero-order valence-electron chi connectivity index (χ0n) is 8.90. The number of hydrogen-bond acceptors (Lipinski definition) is 2. The third kappa shape index (κ3) is 3.38. The molecule has 0 heterocycles. The second kappa shape index (κ2) is 5.21. The van der Waals surface area contributed by atoms with Gasteiger partial charge in [0.25, 0.3) is 0 Å². The van der Waals surface area contributed by atoms with Crippen LogP contribution in [-0.4, -0.2) is 6.21 Å². The summed E-state index contributed by atoms with van der Waals surface area (Å²) < 4.78 is 25.2. The van der Waals surface area contributed by atoms with Crippen molar-refractivity contribution >= 4 is 11.9 Å². The van der Waals surface area contributed by atoms with Gasteiger partial charge < -0.3 is 0 Å². The van der Waals surface area contributed by atoms with Crippen molar-refractivity contribution in [3.63, 3.8) is 0 Å². The van der Waals surface area contributed by atoms with Gasteiger partial charge in [-0.1, -0.05) is 12.1 Å². The summed E-state index contributed by atoms with van der Waals surface area (Å²) in [6.45, 7) is 0. The molecule has 0 aliphatic carbocycles. The molecular weight excluding hydrogens is 222 g/mol. The average Bonchev–Trinajstić information content (AvgIpc) is 2.34. The highest BCUT2D eigenvalue weighted by Gasteiger charge is 1.91. The molecule has 0 saturated heterocycles. The first-order valence-electron chi connectivity index (χ1n) is 5.04. The predicted octanol–water partition coefficient (Wildman–Crippen LogP) is 3.41. The summed E-state index contributed by atoms with van der Waals surface area (Å²) in [6, 6.07) is 11.8. The summed E-state index contributed by atoms with van der Waals surface area (Å²) in [6.07, 6.45) is 1.56. The molecule has 0 aromatic heterocycles. The van der Waals surface area contributed by atoms with Crippen LogP contribution in [0.25, 0.3) is 0 Å². The number of nitrogens with zero attached hydrogens (tertiary/aromatic N) is 1. The van der Waals surface area contributed by atoms with E-state index >= 15 is 0 Å². The second-order valence-electron chi connectivity index (χ2n) is 3.43. The lowest BCUT2D eigenvalue weighted by molar-refractivity contribution is 0.627. The quantitative estimate of drug-likeness (QED) is 0.636. The Hall–Kier alpha value is -2.23. The van der Waals surface area contributed by atoms with Crippen LogP contribution < -0.4 is 5.43 Å². The minimum atomic E-state index is -0.293. The molecule has 2 nitrogen and oxygen atoms in total. The zero-order valence-corrected chi connectivity index (χ0v) is 8.90. The molecule has 4 heteroatoms. The van der Waals surface area contributed by atoms with Crippen LogP contribution in [0.5, 0.6) is 0 Å². The molecule has 0 unspecified atom stereocenters. The number of nitrogens with one attached hydrogen (secondary N) is 1. The van der Waals surface area contributed by atoms with Crippen LogP contribution in [0.1, 0.15) is 5.56 Å². The van der Waals surface area contributed by atoms with Crippen LogP contribution in [0.4, 0.5) is 14.5 Å². The van der Waals surface area contributed by atoms with Gasteiger partial charge in [-0.15, -0.1) is 0 Å². The Balaban J connectivity index is 1.97. The fourth-order valence-corrected chi connectivity index (χ4v) is 1.25. The fourth-order valence-electron chi connectivity index (χ4n) is 1.25. The van der Waals surface area contributed by atoms with Gasteiger partial charge in [0.1, 0.15) is 11.6 Å². The summed E-state index contributed by atoms with van der Waals surface area (Å²) in [4.78, 5) is 0. The van der Waals surface area contributed by atoms with E-state index in [2.05, 4.69) is 10.5 Å². The first kappa shape index (κ1) is 11.3. The maximum atomic E-state index is 12.6. The first-order chi connectivity index (χ1) is 8.24. The maximum absolute atomic E-state index is 12.6. The molecule has 2 aromatic rings. The number of halogens is 2. The fraction of sp³-hybridized carbons (Fsp3) is 0. The summed E-state index contributed by atoms with van der Waals surface area (Å²) in [7, 11) is 0. The van der Waals surface area contributed by atoms with Gasteiger partial charge in [0, 0.05) is 0 Å². The van der Waals surface area contributed by atoms with E-state index in [-0.39, 0.29) is 11.6 Å². The summed E-state index contributed by atoms with van der Waals surface area (Å²) in [5.74, 6) is -0.577. The topological polar surface area (TPSA) is 24.4 Å². The van der Waals surface area contributed by atoms with Gasteiger partial charge in [-0.25, -0.2) is 8.78 Å². The standard InChI is InChI=1S/C13H10F2N2/c14-11-3-1-10(2-4-11)9-16-17-13-7-5-12(15)6-8-13/h1-9,17H/b16-9+. The maximum Gasteiger partial charge on any atom is 0.123 e. The summed E-state index contributed by atoms with van der Waals surface area (Å²) in [5.41, 5.74) is 4.21. The van der Waals surface area contributed by atoms with Crippen LogP contribution >= 0.6 is 0 Å². The lowest BCUT2D eigenvalue weighted by atomic mass is 10.2. The Bertz CT molecular complexity index is 504. The Morgan fingerprint density at radius 2 is 1.35 bits per heavy atom. The van der Waals surface area contributed by atoms with Crippen molar-refractivity contribution in [1.29, 1.82) is 0 Å². The van der Waals surface area contributed by atoms with Gasteiger partial charge >= 0.3 is 0 Å². The van der Waals surface area contributed by atoms with Gasteiger partial charge in [-0.05, 0) is 42.0 Å². The normalized spacial score (nSPS) is 10.7. The van der Waals surface area contributed by atoms with E-state index in [9.17, 15) is 8.78 Å². The highest BCUT2D eigenvalue weighted by molar-refractivity contribution is 5.80. The van der Waals surface area contributed by atoms with Crippen LogP contribution in [0.3, 0.4) is 0 Å². The Morgan fingerprint density at radius 3 is 1.94 bits per heavy atom. The van der Waals surface area contributed by atoms with Gasteiger partial charge in [0.05, 0.1) is 11.9 Å². The molecule has 1 N–H and O–H groups in total. The highest BCUT2D eigenvalue weighted by Crippen LogP contribution is 2.08. The van der Waals surface area contributed by atoms with Gasteiger partial charge in [-0.2, -0.15) is 5.10 Å². The van der Waals surface area contributed by atoms with Crippen LogP contribution in [0, 0.1) is 11.6 Å². The second-order valence-corrected chi connectivity index (χ2v) is 3.43.